The predicted octanol–water partition coefficient (Wildman–Crippen LogP) is 3.74. The van der Waals surface area contributed by atoms with Crippen LogP contribution in [0.4, 0.5) is 0 Å². The van der Waals surface area contributed by atoms with Crippen LogP contribution in [0.3, 0.4) is 0 Å². The Balaban J connectivity index is 3.06. The molecule has 0 fully saturated rings. The molecule has 17 heavy (non-hydrogen) atoms. The van der Waals surface area contributed by atoms with Gasteiger partial charge in [0.15, 0.2) is 0 Å². The van der Waals surface area contributed by atoms with E-state index in [0.29, 0.717) is 6.42 Å². The van der Waals surface area contributed by atoms with Gasteiger partial charge in [-0.05, 0) is 50.3 Å². The van der Waals surface area contributed by atoms with Crippen molar-refractivity contribution in [2.45, 2.75) is 47.0 Å². The second kappa shape index (κ2) is 5.35. The van der Waals surface area contributed by atoms with E-state index >= 15 is 0 Å². The van der Waals surface area contributed by atoms with Crippen molar-refractivity contribution in [2.75, 3.05) is 0 Å². The lowest BCUT2D eigenvalue weighted by Crippen LogP contribution is -2.30. The Morgan fingerprint density at radius 3 is 2.24 bits per heavy atom. The Labute approximate surface area is 104 Å². The van der Waals surface area contributed by atoms with Crippen molar-refractivity contribution in [3.8, 4) is 0 Å². The highest BCUT2D eigenvalue weighted by molar-refractivity contribution is 5.74. The second-order valence-electron chi connectivity index (χ2n) is 5.16. The lowest BCUT2D eigenvalue weighted by molar-refractivity contribution is -0.148. The molecule has 0 saturated heterocycles. The number of carbonyl (C=O) groups is 1. The molecule has 2 nitrogen and oxygen atoms in total. The van der Waals surface area contributed by atoms with Crippen LogP contribution < -0.4 is 0 Å². The molecule has 0 aliphatic heterocycles. The summed E-state index contributed by atoms with van der Waals surface area (Å²) >= 11 is 0. The smallest absolute Gasteiger partial charge is 0.309 e. The third kappa shape index (κ3) is 3.09. The van der Waals surface area contributed by atoms with Gasteiger partial charge in [0.25, 0.3) is 0 Å². The number of benzene rings is 1. The zero-order valence-electron chi connectivity index (χ0n) is 11.2. The maximum atomic E-state index is 11.4. The molecular formula is C15H22O2. The molecule has 2 heteroatoms. The third-order valence-corrected chi connectivity index (χ3v) is 3.53. The molecule has 0 aromatic heterocycles. The zero-order chi connectivity index (χ0) is 13.1. The maximum Gasteiger partial charge on any atom is 0.309 e. The first kappa shape index (κ1) is 13.8. The molecule has 0 amide bonds. The topological polar surface area (TPSA) is 37.3 Å². The third-order valence-electron chi connectivity index (χ3n) is 3.53. The van der Waals surface area contributed by atoms with Crippen LogP contribution in [-0.4, -0.2) is 11.1 Å². The molecule has 1 atom stereocenters. The maximum absolute atomic E-state index is 11.4. The molecule has 0 radical (unpaired) electrons. The minimum Gasteiger partial charge on any atom is -0.481 e. The molecular weight excluding hydrogens is 212 g/mol. The first-order valence-electron chi connectivity index (χ1n) is 6.19. The summed E-state index contributed by atoms with van der Waals surface area (Å²) in [4.78, 5) is 11.4. The normalized spacial score (nSPS) is 14.4. The van der Waals surface area contributed by atoms with E-state index in [-0.39, 0.29) is 0 Å². The largest absolute Gasteiger partial charge is 0.481 e. The number of carboxylic acid groups (broad SMARTS) is 1. The fraction of sp³-hybridized carbons (Fsp3) is 0.533. The summed E-state index contributed by atoms with van der Waals surface area (Å²) in [5.41, 5.74) is 2.92. The summed E-state index contributed by atoms with van der Waals surface area (Å²) in [7, 11) is 0. The zero-order valence-corrected chi connectivity index (χ0v) is 11.2. The van der Waals surface area contributed by atoms with Gasteiger partial charge in [0.1, 0.15) is 0 Å². The summed E-state index contributed by atoms with van der Waals surface area (Å²) in [5, 5.41) is 9.41. The van der Waals surface area contributed by atoms with Gasteiger partial charge in [-0.15, -0.1) is 0 Å². The first-order valence-corrected chi connectivity index (χ1v) is 6.19. The summed E-state index contributed by atoms with van der Waals surface area (Å²) in [6.45, 7) is 7.99. The number of hydrogen-bond acceptors (Lipinski definition) is 1. The van der Waals surface area contributed by atoms with Crippen LogP contribution in [0, 0.1) is 19.3 Å². The van der Waals surface area contributed by atoms with Crippen LogP contribution in [0.1, 0.15) is 43.4 Å². The van der Waals surface area contributed by atoms with Gasteiger partial charge < -0.3 is 5.11 Å². The SMILES string of the molecule is CCCC(C)(Cc1c(C)cccc1C)C(=O)O. The molecule has 0 saturated carbocycles. The Hall–Kier alpha value is -1.31. The van der Waals surface area contributed by atoms with Gasteiger partial charge >= 0.3 is 5.97 Å². The van der Waals surface area contributed by atoms with Crippen molar-refractivity contribution in [1.82, 2.24) is 0 Å². The first-order chi connectivity index (χ1) is 7.90. The Kier molecular flexibility index (Phi) is 4.33. The highest BCUT2D eigenvalue weighted by Gasteiger charge is 2.33. The van der Waals surface area contributed by atoms with Crippen LogP contribution in [0.2, 0.25) is 0 Å². The molecule has 0 aliphatic rings. The fourth-order valence-corrected chi connectivity index (χ4v) is 2.34. The van der Waals surface area contributed by atoms with Crippen molar-refractivity contribution in [3.05, 3.63) is 34.9 Å². The van der Waals surface area contributed by atoms with Crippen LogP contribution in [0.5, 0.6) is 0 Å². The van der Waals surface area contributed by atoms with Crippen molar-refractivity contribution >= 4 is 5.97 Å². The van der Waals surface area contributed by atoms with Crippen molar-refractivity contribution < 1.29 is 9.90 Å². The average Bonchev–Trinajstić information content (AvgIpc) is 2.24. The van der Waals surface area contributed by atoms with Crippen molar-refractivity contribution in [1.29, 1.82) is 0 Å². The molecule has 1 aromatic rings. The summed E-state index contributed by atoms with van der Waals surface area (Å²) in [6.07, 6.45) is 2.23. The number of hydrogen-bond donors (Lipinski definition) is 1. The van der Waals surface area contributed by atoms with Gasteiger partial charge in [-0.2, -0.15) is 0 Å². The van der Waals surface area contributed by atoms with Crippen molar-refractivity contribution in [3.63, 3.8) is 0 Å². The molecule has 1 rings (SSSR count). The molecule has 0 aliphatic carbocycles. The van der Waals surface area contributed by atoms with Crippen LogP contribution >= 0.6 is 0 Å². The predicted molar refractivity (Wildman–Crippen MR) is 70.3 cm³/mol. The van der Waals surface area contributed by atoms with Gasteiger partial charge in [-0.3, -0.25) is 4.79 Å². The summed E-state index contributed by atoms with van der Waals surface area (Å²) < 4.78 is 0. The standard InChI is InChI=1S/C15H22O2/c1-5-9-15(4,14(16)17)10-13-11(2)7-6-8-12(13)3/h6-8H,5,9-10H2,1-4H3,(H,16,17). The Bertz CT molecular complexity index is 389. The summed E-state index contributed by atoms with van der Waals surface area (Å²) in [5.74, 6) is -0.693. The molecule has 94 valence electrons. The number of aliphatic carboxylic acids is 1. The van der Waals surface area contributed by atoms with E-state index in [9.17, 15) is 9.90 Å². The van der Waals surface area contributed by atoms with Crippen LogP contribution in [0.25, 0.3) is 0 Å². The van der Waals surface area contributed by atoms with E-state index in [4.69, 9.17) is 0 Å². The van der Waals surface area contributed by atoms with E-state index in [2.05, 4.69) is 26.0 Å². The van der Waals surface area contributed by atoms with Crippen molar-refractivity contribution in [2.24, 2.45) is 5.41 Å². The highest BCUT2D eigenvalue weighted by atomic mass is 16.4. The molecule has 1 N–H and O–H groups in total. The van der Waals surface area contributed by atoms with E-state index in [1.165, 1.54) is 16.7 Å². The lowest BCUT2D eigenvalue weighted by atomic mass is 9.78. The molecule has 0 spiro atoms. The average molecular weight is 234 g/mol. The Morgan fingerprint density at radius 2 is 1.82 bits per heavy atom. The van der Waals surface area contributed by atoms with Gasteiger partial charge in [-0.25, -0.2) is 0 Å². The van der Waals surface area contributed by atoms with Gasteiger partial charge in [-0.1, -0.05) is 31.5 Å². The minimum absolute atomic E-state index is 0.620. The quantitative estimate of drug-likeness (QED) is 0.842. The van der Waals surface area contributed by atoms with Crippen LogP contribution in [0.15, 0.2) is 18.2 Å². The summed E-state index contributed by atoms with van der Waals surface area (Å²) in [6, 6.07) is 6.12. The fourth-order valence-electron chi connectivity index (χ4n) is 2.34. The Morgan fingerprint density at radius 1 is 1.29 bits per heavy atom. The number of carboxylic acids is 1. The van der Waals surface area contributed by atoms with E-state index in [1.807, 2.05) is 19.9 Å². The number of aryl methyl sites for hydroxylation is 2. The second-order valence-corrected chi connectivity index (χ2v) is 5.16. The van der Waals surface area contributed by atoms with Gasteiger partial charge in [0, 0.05) is 0 Å². The van der Waals surface area contributed by atoms with Crippen LogP contribution in [-0.2, 0) is 11.2 Å². The van der Waals surface area contributed by atoms with E-state index in [1.54, 1.807) is 0 Å². The van der Waals surface area contributed by atoms with E-state index in [0.717, 1.165) is 12.8 Å². The van der Waals surface area contributed by atoms with Gasteiger partial charge in [0.05, 0.1) is 5.41 Å². The van der Waals surface area contributed by atoms with E-state index < -0.39 is 11.4 Å². The number of rotatable bonds is 5. The molecule has 0 heterocycles. The lowest BCUT2D eigenvalue weighted by Gasteiger charge is -2.26. The highest BCUT2D eigenvalue weighted by Crippen LogP contribution is 2.31. The molecule has 1 unspecified atom stereocenters. The molecule has 1 aromatic carbocycles. The van der Waals surface area contributed by atoms with Gasteiger partial charge in [0.2, 0.25) is 0 Å². The monoisotopic (exact) mass is 234 g/mol. The molecule has 0 bridgehead atoms. The minimum atomic E-state index is -0.693.